The monoisotopic (exact) mass is 222 g/mol. The van der Waals surface area contributed by atoms with Crippen molar-refractivity contribution in [1.29, 1.82) is 0 Å². The minimum Gasteiger partial charge on any atom is -0.393 e. The first kappa shape index (κ1) is 11.6. The summed E-state index contributed by atoms with van der Waals surface area (Å²) in [6.45, 7) is 6.46. The van der Waals surface area contributed by atoms with Gasteiger partial charge in [-0.25, -0.2) is 4.98 Å². The Hall–Kier alpha value is -0.830. The second kappa shape index (κ2) is 4.58. The van der Waals surface area contributed by atoms with E-state index in [1.165, 1.54) is 11.4 Å². The number of aliphatic hydroxyl groups is 1. The van der Waals surface area contributed by atoms with Crippen LogP contribution in [0.5, 0.6) is 0 Å². The maximum absolute atomic E-state index is 9.49. The Bertz CT molecular complexity index is 349. The highest BCUT2D eigenvalue weighted by atomic mass is 16.3. The van der Waals surface area contributed by atoms with Crippen molar-refractivity contribution >= 4 is 0 Å². The molecule has 0 unspecified atom stereocenters. The fourth-order valence-corrected chi connectivity index (χ4v) is 2.60. The molecule has 1 fully saturated rings. The lowest BCUT2D eigenvalue weighted by Gasteiger charge is -2.23. The van der Waals surface area contributed by atoms with Gasteiger partial charge in [-0.3, -0.25) is 0 Å². The van der Waals surface area contributed by atoms with Crippen LogP contribution < -0.4 is 0 Å². The number of nitrogens with zero attached hydrogens (tertiary/aromatic N) is 1. The Balaban J connectivity index is 2.12. The first-order valence-electron chi connectivity index (χ1n) is 6.32. The number of imidazole rings is 1. The van der Waals surface area contributed by atoms with Crippen LogP contribution in [0, 0.1) is 6.92 Å². The van der Waals surface area contributed by atoms with Crippen molar-refractivity contribution in [2.24, 2.45) is 0 Å². The van der Waals surface area contributed by atoms with E-state index in [0.717, 1.165) is 31.5 Å². The molecule has 0 aliphatic heterocycles. The first-order chi connectivity index (χ1) is 7.58. The second-order valence-corrected chi connectivity index (χ2v) is 5.29. The zero-order valence-corrected chi connectivity index (χ0v) is 10.5. The number of aromatic nitrogens is 2. The van der Waals surface area contributed by atoms with Crippen LogP contribution in [-0.2, 0) is 0 Å². The largest absolute Gasteiger partial charge is 0.393 e. The maximum atomic E-state index is 9.49. The van der Waals surface area contributed by atoms with Crippen molar-refractivity contribution in [2.45, 2.75) is 64.4 Å². The Morgan fingerprint density at radius 3 is 2.38 bits per heavy atom. The minimum absolute atomic E-state index is 0.0862. The summed E-state index contributed by atoms with van der Waals surface area (Å²) in [5.41, 5.74) is 2.40. The molecule has 2 rings (SSSR count). The molecule has 1 aliphatic rings. The van der Waals surface area contributed by atoms with Crippen LogP contribution in [0.15, 0.2) is 0 Å². The third kappa shape index (κ3) is 2.29. The van der Waals surface area contributed by atoms with Crippen molar-refractivity contribution in [3.05, 3.63) is 17.2 Å². The summed E-state index contributed by atoms with van der Waals surface area (Å²) in [5, 5.41) is 9.49. The van der Waals surface area contributed by atoms with Gasteiger partial charge in [0.1, 0.15) is 5.82 Å². The van der Waals surface area contributed by atoms with Gasteiger partial charge in [0.25, 0.3) is 0 Å². The van der Waals surface area contributed by atoms with Gasteiger partial charge in [-0.1, -0.05) is 13.8 Å². The fourth-order valence-electron chi connectivity index (χ4n) is 2.60. The molecule has 0 saturated heterocycles. The number of rotatable bonds is 2. The molecule has 1 aromatic heterocycles. The molecule has 3 heteroatoms. The number of nitrogens with one attached hydrogen (secondary N) is 1. The Morgan fingerprint density at radius 1 is 1.25 bits per heavy atom. The van der Waals surface area contributed by atoms with Crippen LogP contribution in [0.1, 0.15) is 68.6 Å². The first-order valence-corrected chi connectivity index (χ1v) is 6.32. The summed E-state index contributed by atoms with van der Waals surface area (Å²) in [7, 11) is 0. The van der Waals surface area contributed by atoms with Gasteiger partial charge in [0.05, 0.1) is 11.8 Å². The zero-order valence-electron chi connectivity index (χ0n) is 10.5. The number of aryl methyl sites for hydroxylation is 1. The van der Waals surface area contributed by atoms with Crippen LogP contribution in [0.4, 0.5) is 0 Å². The lowest BCUT2D eigenvalue weighted by atomic mass is 9.87. The summed E-state index contributed by atoms with van der Waals surface area (Å²) < 4.78 is 0. The van der Waals surface area contributed by atoms with Crippen molar-refractivity contribution in [3.63, 3.8) is 0 Å². The molecule has 1 aromatic rings. The molecular weight excluding hydrogens is 200 g/mol. The van der Waals surface area contributed by atoms with Crippen LogP contribution in [0.25, 0.3) is 0 Å². The molecule has 0 atom stereocenters. The van der Waals surface area contributed by atoms with E-state index < -0.39 is 0 Å². The van der Waals surface area contributed by atoms with Crippen LogP contribution in [-0.4, -0.2) is 21.2 Å². The highest BCUT2D eigenvalue weighted by Gasteiger charge is 2.24. The fraction of sp³-hybridized carbons (Fsp3) is 0.769. The van der Waals surface area contributed by atoms with E-state index in [9.17, 15) is 5.11 Å². The molecule has 1 aliphatic carbocycles. The van der Waals surface area contributed by atoms with Gasteiger partial charge in [-0.05, 0) is 38.5 Å². The van der Waals surface area contributed by atoms with Gasteiger partial charge in [0.15, 0.2) is 0 Å². The van der Waals surface area contributed by atoms with Crippen molar-refractivity contribution in [1.82, 2.24) is 9.97 Å². The predicted octanol–water partition coefficient (Wildman–Crippen LogP) is 2.86. The zero-order chi connectivity index (χ0) is 11.7. The standard InChI is InChI=1S/C13H22N2O/c1-8(2)12-9(3)14-13(15-12)10-4-6-11(16)7-5-10/h8,10-11,16H,4-7H2,1-3H3,(H,14,15). The lowest BCUT2D eigenvalue weighted by molar-refractivity contribution is 0.121. The summed E-state index contributed by atoms with van der Waals surface area (Å²) in [6, 6.07) is 0. The van der Waals surface area contributed by atoms with E-state index in [1.54, 1.807) is 0 Å². The van der Waals surface area contributed by atoms with Gasteiger partial charge in [0, 0.05) is 11.6 Å². The van der Waals surface area contributed by atoms with Crippen LogP contribution in [0.2, 0.25) is 0 Å². The van der Waals surface area contributed by atoms with Gasteiger partial charge >= 0.3 is 0 Å². The van der Waals surface area contributed by atoms with Crippen LogP contribution in [0.3, 0.4) is 0 Å². The smallest absolute Gasteiger partial charge is 0.109 e. The van der Waals surface area contributed by atoms with E-state index in [-0.39, 0.29) is 6.10 Å². The maximum Gasteiger partial charge on any atom is 0.109 e. The predicted molar refractivity (Wildman–Crippen MR) is 64.6 cm³/mol. The Labute approximate surface area is 97.3 Å². The van der Waals surface area contributed by atoms with Crippen molar-refractivity contribution < 1.29 is 5.11 Å². The summed E-state index contributed by atoms with van der Waals surface area (Å²) in [4.78, 5) is 8.14. The third-order valence-corrected chi connectivity index (χ3v) is 3.57. The number of hydrogen-bond acceptors (Lipinski definition) is 2. The minimum atomic E-state index is -0.0862. The number of hydrogen-bond donors (Lipinski definition) is 2. The Morgan fingerprint density at radius 2 is 1.88 bits per heavy atom. The normalized spacial score (nSPS) is 26.3. The second-order valence-electron chi connectivity index (χ2n) is 5.29. The quantitative estimate of drug-likeness (QED) is 0.808. The van der Waals surface area contributed by atoms with Crippen molar-refractivity contribution in [3.8, 4) is 0 Å². The van der Waals surface area contributed by atoms with E-state index >= 15 is 0 Å². The third-order valence-electron chi connectivity index (χ3n) is 3.57. The SMILES string of the molecule is Cc1[nH]c(C2CCC(O)CC2)nc1C(C)C. The highest BCUT2D eigenvalue weighted by molar-refractivity contribution is 5.18. The van der Waals surface area contributed by atoms with E-state index in [4.69, 9.17) is 4.98 Å². The van der Waals surface area contributed by atoms with E-state index in [2.05, 4.69) is 25.8 Å². The number of H-pyrrole nitrogens is 1. The Kier molecular flexibility index (Phi) is 3.33. The summed E-state index contributed by atoms with van der Waals surface area (Å²) in [6.07, 6.45) is 3.87. The average molecular weight is 222 g/mol. The molecule has 0 bridgehead atoms. The van der Waals surface area contributed by atoms with Gasteiger partial charge in [0.2, 0.25) is 0 Å². The van der Waals surface area contributed by atoms with Crippen LogP contribution >= 0.6 is 0 Å². The van der Waals surface area contributed by atoms with Gasteiger partial charge in [-0.2, -0.15) is 0 Å². The highest BCUT2D eigenvalue weighted by Crippen LogP contribution is 2.32. The average Bonchev–Trinajstić information content (AvgIpc) is 2.61. The molecule has 1 heterocycles. The van der Waals surface area contributed by atoms with E-state index in [1.807, 2.05) is 0 Å². The van der Waals surface area contributed by atoms with Gasteiger partial charge < -0.3 is 10.1 Å². The molecular formula is C13H22N2O. The molecule has 0 aromatic carbocycles. The topological polar surface area (TPSA) is 48.9 Å². The molecule has 1 saturated carbocycles. The van der Waals surface area contributed by atoms with Crippen molar-refractivity contribution in [2.75, 3.05) is 0 Å². The number of aliphatic hydroxyl groups excluding tert-OH is 1. The lowest BCUT2D eigenvalue weighted by Crippen LogP contribution is -2.17. The van der Waals surface area contributed by atoms with E-state index in [0.29, 0.717) is 11.8 Å². The molecule has 0 amide bonds. The van der Waals surface area contributed by atoms with Gasteiger partial charge in [-0.15, -0.1) is 0 Å². The molecule has 3 nitrogen and oxygen atoms in total. The molecule has 16 heavy (non-hydrogen) atoms. The molecule has 0 spiro atoms. The molecule has 0 radical (unpaired) electrons. The molecule has 90 valence electrons. The molecule has 2 N–H and O–H groups in total. The number of aromatic amines is 1. The summed E-state index contributed by atoms with van der Waals surface area (Å²) >= 11 is 0. The summed E-state index contributed by atoms with van der Waals surface area (Å²) in [5.74, 6) is 2.14.